The molecule has 0 N–H and O–H groups in total. The molecule has 1 rings (SSSR count). The average Bonchev–Trinajstić information content (AvgIpc) is 2.02. The highest BCUT2D eigenvalue weighted by Gasteiger charge is 2.05. The van der Waals surface area contributed by atoms with Crippen molar-refractivity contribution in [2.24, 2.45) is 0 Å². The first kappa shape index (κ1) is 10.2. The van der Waals surface area contributed by atoms with Crippen molar-refractivity contribution < 1.29 is 9.53 Å². The lowest BCUT2D eigenvalue weighted by molar-refractivity contribution is -0.139. The topological polar surface area (TPSA) is 39.2 Å². The summed E-state index contributed by atoms with van der Waals surface area (Å²) < 4.78 is 5.28. The maximum absolute atomic E-state index is 10.9. The molecule has 4 heteroatoms. The second-order valence-electron chi connectivity index (χ2n) is 2.71. The van der Waals surface area contributed by atoms with Gasteiger partial charge in [-0.3, -0.25) is 4.79 Å². The second-order valence-corrected chi connectivity index (χ2v) is 3.52. The molecule has 0 aliphatic heterocycles. The number of carbonyl (C=O) groups is 1. The lowest BCUT2D eigenvalue weighted by Gasteiger charge is -2.01. The minimum Gasteiger partial charge on any atom is -0.469 e. The molecular formula is C9H10BrNO2. The van der Waals surface area contributed by atoms with Gasteiger partial charge in [-0.2, -0.15) is 0 Å². The lowest BCUT2D eigenvalue weighted by atomic mass is 10.2. The van der Waals surface area contributed by atoms with Gasteiger partial charge in [0.1, 0.15) is 4.60 Å². The van der Waals surface area contributed by atoms with Gasteiger partial charge < -0.3 is 4.74 Å². The van der Waals surface area contributed by atoms with Crippen molar-refractivity contribution in [2.45, 2.75) is 13.3 Å². The molecule has 0 spiro atoms. The van der Waals surface area contributed by atoms with Gasteiger partial charge in [0, 0.05) is 0 Å². The number of pyridine rings is 1. The summed E-state index contributed by atoms with van der Waals surface area (Å²) in [6, 6.07) is 3.75. The van der Waals surface area contributed by atoms with Crippen LogP contribution in [0.5, 0.6) is 0 Å². The van der Waals surface area contributed by atoms with Crippen LogP contribution in [0.25, 0.3) is 0 Å². The van der Waals surface area contributed by atoms with E-state index in [9.17, 15) is 4.79 Å². The Kier molecular flexibility index (Phi) is 3.42. The Labute approximate surface area is 85.3 Å². The van der Waals surface area contributed by atoms with Gasteiger partial charge in [0.15, 0.2) is 0 Å². The van der Waals surface area contributed by atoms with Crippen LogP contribution >= 0.6 is 15.9 Å². The van der Waals surface area contributed by atoms with Gasteiger partial charge in [0.05, 0.1) is 19.2 Å². The van der Waals surface area contributed by atoms with Crippen LogP contribution in [-0.2, 0) is 16.0 Å². The number of rotatable bonds is 2. The van der Waals surface area contributed by atoms with E-state index in [-0.39, 0.29) is 12.4 Å². The monoisotopic (exact) mass is 243 g/mol. The van der Waals surface area contributed by atoms with Crippen molar-refractivity contribution in [2.75, 3.05) is 7.11 Å². The number of methoxy groups -OCH3 is 1. The SMILES string of the molecule is COC(=O)Cc1cc(C)cc(Br)n1. The predicted molar refractivity (Wildman–Crippen MR) is 52.4 cm³/mol. The fourth-order valence-electron chi connectivity index (χ4n) is 1.00. The molecule has 0 aliphatic carbocycles. The molecule has 0 atom stereocenters. The Hall–Kier alpha value is -0.900. The molecule has 0 radical (unpaired) electrons. The fraction of sp³-hybridized carbons (Fsp3) is 0.333. The Morgan fingerprint density at radius 2 is 2.31 bits per heavy atom. The van der Waals surface area contributed by atoms with Crippen LogP contribution in [0.3, 0.4) is 0 Å². The molecular weight excluding hydrogens is 234 g/mol. The van der Waals surface area contributed by atoms with E-state index in [0.29, 0.717) is 0 Å². The highest BCUT2D eigenvalue weighted by Crippen LogP contribution is 2.11. The molecule has 13 heavy (non-hydrogen) atoms. The number of aromatic nitrogens is 1. The van der Waals surface area contributed by atoms with Crippen LogP contribution in [0.1, 0.15) is 11.3 Å². The first-order valence-corrected chi connectivity index (χ1v) is 4.61. The third-order valence-electron chi connectivity index (χ3n) is 1.54. The molecule has 0 amide bonds. The quantitative estimate of drug-likeness (QED) is 0.588. The predicted octanol–water partition coefficient (Wildman–Crippen LogP) is 1.87. The van der Waals surface area contributed by atoms with Crippen molar-refractivity contribution in [1.82, 2.24) is 4.98 Å². The number of hydrogen-bond acceptors (Lipinski definition) is 3. The highest BCUT2D eigenvalue weighted by molar-refractivity contribution is 9.10. The number of ether oxygens (including phenoxy) is 1. The molecule has 1 heterocycles. The Morgan fingerprint density at radius 3 is 2.85 bits per heavy atom. The van der Waals surface area contributed by atoms with Crippen molar-refractivity contribution in [1.29, 1.82) is 0 Å². The molecule has 0 bridgehead atoms. The van der Waals surface area contributed by atoms with Crippen LogP contribution in [-0.4, -0.2) is 18.1 Å². The van der Waals surface area contributed by atoms with Crippen molar-refractivity contribution >= 4 is 21.9 Å². The fourth-order valence-corrected chi connectivity index (χ4v) is 1.59. The summed E-state index contributed by atoms with van der Waals surface area (Å²) in [6.07, 6.45) is 0.219. The Bertz CT molecular complexity index is 305. The molecule has 3 nitrogen and oxygen atoms in total. The zero-order chi connectivity index (χ0) is 9.84. The third-order valence-corrected chi connectivity index (χ3v) is 1.95. The number of hydrogen-bond donors (Lipinski definition) is 0. The molecule has 0 saturated carbocycles. The summed E-state index contributed by atoms with van der Waals surface area (Å²) in [5.41, 5.74) is 1.79. The summed E-state index contributed by atoms with van der Waals surface area (Å²) in [7, 11) is 1.37. The third kappa shape index (κ3) is 3.14. The first-order valence-electron chi connectivity index (χ1n) is 3.81. The van der Waals surface area contributed by atoms with E-state index in [2.05, 4.69) is 25.7 Å². The lowest BCUT2D eigenvalue weighted by Crippen LogP contribution is -2.06. The molecule has 0 fully saturated rings. The van der Waals surface area contributed by atoms with Gasteiger partial charge in [-0.15, -0.1) is 0 Å². The van der Waals surface area contributed by atoms with Crippen LogP contribution in [0.15, 0.2) is 16.7 Å². The molecule has 1 aromatic rings. The zero-order valence-corrected chi connectivity index (χ0v) is 9.09. The Morgan fingerprint density at radius 1 is 1.62 bits per heavy atom. The van der Waals surface area contributed by atoms with Gasteiger partial charge >= 0.3 is 5.97 Å². The molecule has 70 valence electrons. The van der Waals surface area contributed by atoms with Crippen LogP contribution < -0.4 is 0 Å². The first-order chi connectivity index (χ1) is 6.11. The van der Waals surface area contributed by atoms with Crippen LogP contribution in [0.2, 0.25) is 0 Å². The highest BCUT2D eigenvalue weighted by atomic mass is 79.9. The van der Waals surface area contributed by atoms with E-state index < -0.39 is 0 Å². The smallest absolute Gasteiger partial charge is 0.311 e. The zero-order valence-electron chi connectivity index (χ0n) is 7.50. The van der Waals surface area contributed by atoms with Crippen molar-refractivity contribution in [3.05, 3.63) is 28.0 Å². The average molecular weight is 244 g/mol. The van der Waals surface area contributed by atoms with E-state index >= 15 is 0 Å². The van der Waals surface area contributed by atoms with Gasteiger partial charge in [-0.05, 0) is 40.5 Å². The largest absolute Gasteiger partial charge is 0.469 e. The molecule has 1 aromatic heterocycles. The number of carbonyl (C=O) groups excluding carboxylic acids is 1. The van der Waals surface area contributed by atoms with Gasteiger partial charge in [0.2, 0.25) is 0 Å². The molecule has 0 aliphatic rings. The standard InChI is InChI=1S/C9H10BrNO2/c1-6-3-7(5-9(12)13-2)11-8(10)4-6/h3-4H,5H2,1-2H3. The minimum atomic E-state index is -0.273. The van der Waals surface area contributed by atoms with E-state index in [1.807, 2.05) is 19.1 Å². The molecule has 0 aromatic carbocycles. The second kappa shape index (κ2) is 4.37. The van der Waals surface area contributed by atoms with E-state index in [4.69, 9.17) is 0 Å². The summed E-state index contributed by atoms with van der Waals surface area (Å²) in [5.74, 6) is -0.273. The summed E-state index contributed by atoms with van der Waals surface area (Å²) in [5, 5.41) is 0. The molecule has 0 unspecified atom stereocenters. The van der Waals surface area contributed by atoms with E-state index in [1.165, 1.54) is 7.11 Å². The van der Waals surface area contributed by atoms with E-state index in [0.717, 1.165) is 15.9 Å². The number of aryl methyl sites for hydroxylation is 1. The number of esters is 1. The summed E-state index contributed by atoms with van der Waals surface area (Å²) in [4.78, 5) is 15.1. The minimum absolute atomic E-state index is 0.219. The van der Waals surface area contributed by atoms with Gasteiger partial charge in [-0.25, -0.2) is 4.98 Å². The van der Waals surface area contributed by atoms with Crippen LogP contribution in [0.4, 0.5) is 0 Å². The maximum atomic E-state index is 10.9. The van der Waals surface area contributed by atoms with Crippen LogP contribution in [0, 0.1) is 6.92 Å². The number of nitrogens with zero attached hydrogens (tertiary/aromatic N) is 1. The van der Waals surface area contributed by atoms with Crippen molar-refractivity contribution in [3.8, 4) is 0 Å². The van der Waals surface area contributed by atoms with Crippen molar-refractivity contribution in [3.63, 3.8) is 0 Å². The van der Waals surface area contributed by atoms with Gasteiger partial charge in [0.25, 0.3) is 0 Å². The summed E-state index contributed by atoms with van der Waals surface area (Å²) in [6.45, 7) is 1.95. The molecule has 0 saturated heterocycles. The normalized spacial score (nSPS) is 9.77. The van der Waals surface area contributed by atoms with Gasteiger partial charge in [-0.1, -0.05) is 0 Å². The summed E-state index contributed by atoms with van der Waals surface area (Å²) >= 11 is 3.26. The number of halogens is 1. The van der Waals surface area contributed by atoms with E-state index in [1.54, 1.807) is 0 Å². The Balaban J connectivity index is 2.83. The maximum Gasteiger partial charge on any atom is 0.311 e.